The highest BCUT2D eigenvalue weighted by Crippen LogP contribution is 2.16. The maximum atomic E-state index is 10.7. The number of carboxylic acid groups (broad SMARTS) is 2. The van der Waals surface area contributed by atoms with Gasteiger partial charge in [0.1, 0.15) is 0 Å². The average molecular weight is 427 g/mol. The van der Waals surface area contributed by atoms with Crippen LogP contribution in [-0.2, 0) is 9.59 Å². The van der Waals surface area contributed by atoms with E-state index in [0.717, 1.165) is 25.7 Å². The van der Waals surface area contributed by atoms with Crippen molar-refractivity contribution < 1.29 is 19.8 Å². The molecule has 1 unspecified atom stereocenters. The van der Waals surface area contributed by atoms with Gasteiger partial charge in [0.2, 0.25) is 0 Å². The first kappa shape index (κ1) is 28.9. The second-order valence-electron chi connectivity index (χ2n) is 9.24. The van der Waals surface area contributed by atoms with Crippen LogP contribution in [0.15, 0.2) is 0 Å². The lowest BCUT2D eigenvalue weighted by Gasteiger charge is -2.06. The highest BCUT2D eigenvalue weighted by molar-refractivity contribution is 5.69. The van der Waals surface area contributed by atoms with Crippen LogP contribution < -0.4 is 0 Å². The fourth-order valence-electron chi connectivity index (χ4n) is 4.03. The Labute approximate surface area is 186 Å². The van der Waals surface area contributed by atoms with Crippen molar-refractivity contribution in [3.05, 3.63) is 0 Å². The van der Waals surface area contributed by atoms with Crippen LogP contribution in [0, 0.1) is 5.92 Å². The van der Waals surface area contributed by atoms with Crippen LogP contribution in [0.2, 0.25) is 0 Å². The molecule has 178 valence electrons. The molecule has 0 aromatic carbocycles. The largest absolute Gasteiger partial charge is 0.481 e. The van der Waals surface area contributed by atoms with Crippen molar-refractivity contribution in [2.75, 3.05) is 0 Å². The topological polar surface area (TPSA) is 74.6 Å². The monoisotopic (exact) mass is 426 g/mol. The van der Waals surface area contributed by atoms with Crippen LogP contribution in [0.3, 0.4) is 0 Å². The molecule has 0 heterocycles. The highest BCUT2D eigenvalue weighted by atomic mass is 16.4. The van der Waals surface area contributed by atoms with Gasteiger partial charge in [-0.15, -0.1) is 0 Å². The molecule has 0 aliphatic heterocycles. The molecule has 1 atom stereocenters. The quantitative estimate of drug-likeness (QED) is 0.152. The third-order valence-electron chi connectivity index (χ3n) is 6.20. The first-order valence-corrected chi connectivity index (χ1v) is 13.0. The third kappa shape index (κ3) is 23.2. The Morgan fingerprint density at radius 2 is 0.767 bits per heavy atom. The van der Waals surface area contributed by atoms with Crippen LogP contribution in [0.1, 0.15) is 148 Å². The van der Waals surface area contributed by atoms with E-state index < -0.39 is 11.9 Å². The third-order valence-corrected chi connectivity index (χ3v) is 6.20. The molecule has 2 N–H and O–H groups in total. The molecule has 4 heteroatoms. The second kappa shape index (κ2) is 22.6. The fraction of sp³-hybridized carbons (Fsp3) is 0.923. The number of aliphatic carboxylic acids is 2. The Morgan fingerprint density at radius 3 is 1.03 bits per heavy atom. The first-order chi connectivity index (χ1) is 14.5. The van der Waals surface area contributed by atoms with Crippen molar-refractivity contribution in [1.82, 2.24) is 0 Å². The lowest BCUT2D eigenvalue weighted by Crippen LogP contribution is -2.08. The van der Waals surface area contributed by atoms with Crippen molar-refractivity contribution >= 4 is 11.9 Å². The molecular formula is C26H50O4. The zero-order valence-electron chi connectivity index (χ0n) is 19.8. The number of hydrogen-bond acceptors (Lipinski definition) is 2. The van der Waals surface area contributed by atoms with Crippen LogP contribution >= 0.6 is 0 Å². The van der Waals surface area contributed by atoms with Gasteiger partial charge in [-0.25, -0.2) is 0 Å². The number of unbranched alkanes of at least 4 members (excludes halogenated alkanes) is 19. The van der Waals surface area contributed by atoms with E-state index in [0.29, 0.717) is 6.42 Å². The Hall–Kier alpha value is -1.06. The van der Waals surface area contributed by atoms with E-state index in [9.17, 15) is 9.59 Å². The summed E-state index contributed by atoms with van der Waals surface area (Å²) in [6.07, 6.45) is 26.8. The SMILES string of the molecule is CC(CCCCCCCCCCCCCCCCCCCCCCC(=O)O)C(=O)O. The van der Waals surface area contributed by atoms with Crippen molar-refractivity contribution in [1.29, 1.82) is 0 Å². The van der Waals surface area contributed by atoms with Gasteiger partial charge in [-0.3, -0.25) is 9.59 Å². The van der Waals surface area contributed by atoms with Gasteiger partial charge in [0.25, 0.3) is 0 Å². The molecule has 0 saturated heterocycles. The van der Waals surface area contributed by atoms with Crippen molar-refractivity contribution in [2.24, 2.45) is 5.92 Å². The van der Waals surface area contributed by atoms with Gasteiger partial charge < -0.3 is 10.2 Å². The zero-order chi connectivity index (χ0) is 22.3. The normalized spacial score (nSPS) is 12.2. The number of hydrogen-bond donors (Lipinski definition) is 2. The Balaban J connectivity index is 3.06. The average Bonchev–Trinajstić information content (AvgIpc) is 2.71. The van der Waals surface area contributed by atoms with Crippen molar-refractivity contribution in [3.8, 4) is 0 Å². The summed E-state index contributed by atoms with van der Waals surface area (Å²) in [5, 5.41) is 17.4. The molecule has 0 radical (unpaired) electrons. The lowest BCUT2D eigenvalue weighted by atomic mass is 10.0. The molecule has 0 saturated carbocycles. The van der Waals surface area contributed by atoms with Crippen LogP contribution in [0.25, 0.3) is 0 Å². The van der Waals surface area contributed by atoms with E-state index in [4.69, 9.17) is 10.2 Å². The summed E-state index contributed by atoms with van der Waals surface area (Å²) in [6, 6.07) is 0. The van der Waals surface area contributed by atoms with Gasteiger partial charge in [0, 0.05) is 6.42 Å². The molecule has 0 bridgehead atoms. The Morgan fingerprint density at radius 1 is 0.500 bits per heavy atom. The van der Waals surface area contributed by atoms with E-state index in [1.165, 1.54) is 109 Å². The molecule has 0 rings (SSSR count). The van der Waals surface area contributed by atoms with Gasteiger partial charge in [-0.2, -0.15) is 0 Å². The summed E-state index contributed by atoms with van der Waals surface area (Å²) in [5.74, 6) is -1.51. The maximum absolute atomic E-state index is 10.7. The van der Waals surface area contributed by atoms with E-state index in [-0.39, 0.29) is 5.92 Å². The predicted octanol–water partition coefficient (Wildman–Crippen LogP) is 8.37. The highest BCUT2D eigenvalue weighted by Gasteiger charge is 2.09. The summed E-state index contributed by atoms with van der Waals surface area (Å²) < 4.78 is 0. The molecule has 0 amide bonds. The predicted molar refractivity (Wildman–Crippen MR) is 126 cm³/mol. The van der Waals surface area contributed by atoms with Crippen LogP contribution in [0.4, 0.5) is 0 Å². The number of rotatable bonds is 24. The maximum Gasteiger partial charge on any atom is 0.306 e. The van der Waals surface area contributed by atoms with Gasteiger partial charge >= 0.3 is 11.9 Å². The number of carboxylic acids is 2. The standard InChI is InChI=1S/C26H50O4/c1-24(26(29)30)22-20-18-16-14-12-10-8-6-4-2-3-5-7-9-11-13-15-17-19-21-23-25(27)28/h24H,2-23H2,1H3,(H,27,28)(H,29,30). The summed E-state index contributed by atoms with van der Waals surface area (Å²) in [7, 11) is 0. The van der Waals surface area contributed by atoms with Gasteiger partial charge in [-0.05, 0) is 12.8 Å². The molecule has 0 aliphatic carbocycles. The minimum Gasteiger partial charge on any atom is -0.481 e. The summed E-state index contributed by atoms with van der Waals surface area (Å²) in [6.45, 7) is 1.81. The van der Waals surface area contributed by atoms with E-state index in [2.05, 4.69) is 0 Å². The van der Waals surface area contributed by atoms with Crippen LogP contribution in [-0.4, -0.2) is 22.2 Å². The van der Waals surface area contributed by atoms with Gasteiger partial charge in [0.05, 0.1) is 5.92 Å². The zero-order valence-corrected chi connectivity index (χ0v) is 19.8. The molecule has 0 aromatic heterocycles. The fourth-order valence-corrected chi connectivity index (χ4v) is 4.03. The lowest BCUT2D eigenvalue weighted by molar-refractivity contribution is -0.141. The second-order valence-corrected chi connectivity index (χ2v) is 9.24. The van der Waals surface area contributed by atoms with E-state index >= 15 is 0 Å². The van der Waals surface area contributed by atoms with Crippen molar-refractivity contribution in [2.45, 2.75) is 148 Å². The summed E-state index contributed by atoms with van der Waals surface area (Å²) in [5.41, 5.74) is 0. The van der Waals surface area contributed by atoms with E-state index in [1.807, 2.05) is 0 Å². The molecule has 30 heavy (non-hydrogen) atoms. The minimum absolute atomic E-state index is 0.182. The van der Waals surface area contributed by atoms with Gasteiger partial charge in [-0.1, -0.05) is 129 Å². The Kier molecular flexibility index (Phi) is 21.8. The van der Waals surface area contributed by atoms with Crippen molar-refractivity contribution in [3.63, 3.8) is 0 Å². The molecule has 0 aliphatic rings. The molecule has 0 fully saturated rings. The summed E-state index contributed by atoms with van der Waals surface area (Å²) in [4.78, 5) is 21.2. The van der Waals surface area contributed by atoms with E-state index in [1.54, 1.807) is 6.92 Å². The minimum atomic E-state index is -0.664. The molecule has 0 spiro atoms. The first-order valence-electron chi connectivity index (χ1n) is 13.0. The molecule has 4 nitrogen and oxygen atoms in total. The van der Waals surface area contributed by atoms with Crippen LogP contribution in [0.5, 0.6) is 0 Å². The molecule has 0 aromatic rings. The summed E-state index contributed by atoms with van der Waals surface area (Å²) >= 11 is 0. The van der Waals surface area contributed by atoms with Gasteiger partial charge in [0.15, 0.2) is 0 Å². The number of carbonyl (C=O) groups is 2. The Bertz CT molecular complexity index is 394. The molecular weight excluding hydrogens is 376 g/mol. The smallest absolute Gasteiger partial charge is 0.306 e.